The molecule has 3 rings (SSSR count). The molecular weight excluding hydrogens is 300 g/mol. The van der Waals surface area contributed by atoms with E-state index >= 15 is 0 Å². The Bertz CT molecular complexity index is 816. The summed E-state index contributed by atoms with van der Waals surface area (Å²) < 4.78 is 1.12. The van der Waals surface area contributed by atoms with E-state index < -0.39 is 0 Å². The molecule has 0 aliphatic carbocycles. The molecule has 2 aromatic heterocycles. The molecule has 2 heterocycles. The average molecular weight is 314 g/mol. The summed E-state index contributed by atoms with van der Waals surface area (Å²) in [7, 11) is 0. The van der Waals surface area contributed by atoms with Crippen molar-refractivity contribution in [2.45, 2.75) is 13.8 Å². The highest BCUT2D eigenvalue weighted by Crippen LogP contribution is 2.29. The third kappa shape index (κ3) is 3.20. The standard InChI is InChI=1S/C16H14N2OS2/c1-10-8-11(2)15-13(9-10)17-16(21-15)18-14(19)6-5-12-4-3-7-20-12/h3-9H,1-2H3,(H,17,18,19). The largest absolute Gasteiger partial charge is 0.298 e. The van der Waals surface area contributed by atoms with E-state index in [9.17, 15) is 4.79 Å². The van der Waals surface area contributed by atoms with E-state index in [0.717, 1.165) is 15.1 Å². The van der Waals surface area contributed by atoms with Gasteiger partial charge in [-0.2, -0.15) is 0 Å². The molecule has 5 heteroatoms. The van der Waals surface area contributed by atoms with E-state index in [-0.39, 0.29) is 5.91 Å². The van der Waals surface area contributed by atoms with Crippen molar-refractivity contribution in [2.75, 3.05) is 5.32 Å². The highest BCUT2D eigenvalue weighted by atomic mass is 32.1. The minimum atomic E-state index is -0.156. The van der Waals surface area contributed by atoms with Crippen LogP contribution < -0.4 is 5.32 Å². The normalized spacial score (nSPS) is 11.3. The van der Waals surface area contributed by atoms with Crippen LogP contribution in [0, 0.1) is 13.8 Å². The monoisotopic (exact) mass is 314 g/mol. The zero-order valence-electron chi connectivity index (χ0n) is 11.7. The van der Waals surface area contributed by atoms with Gasteiger partial charge in [-0.3, -0.25) is 10.1 Å². The van der Waals surface area contributed by atoms with Crippen molar-refractivity contribution < 1.29 is 4.79 Å². The predicted molar refractivity (Wildman–Crippen MR) is 91.1 cm³/mol. The summed E-state index contributed by atoms with van der Waals surface area (Å²) >= 11 is 3.11. The third-order valence-corrected chi connectivity index (χ3v) is 4.95. The number of amides is 1. The molecule has 3 aromatic rings. The predicted octanol–water partition coefficient (Wildman–Crippen LogP) is 4.63. The number of carbonyl (C=O) groups is 1. The molecule has 0 bridgehead atoms. The number of carbonyl (C=O) groups excluding carboxylic acids is 1. The molecule has 0 atom stereocenters. The van der Waals surface area contributed by atoms with Crippen LogP contribution in [0.4, 0.5) is 5.13 Å². The minimum absolute atomic E-state index is 0.156. The summed E-state index contributed by atoms with van der Waals surface area (Å²) in [5.74, 6) is -0.156. The maximum absolute atomic E-state index is 11.9. The molecule has 21 heavy (non-hydrogen) atoms. The van der Waals surface area contributed by atoms with Gasteiger partial charge in [-0.25, -0.2) is 4.98 Å². The summed E-state index contributed by atoms with van der Waals surface area (Å²) in [5, 5.41) is 5.45. The van der Waals surface area contributed by atoms with Crippen LogP contribution in [0.2, 0.25) is 0 Å². The Balaban J connectivity index is 1.78. The van der Waals surface area contributed by atoms with Gasteiger partial charge in [0.05, 0.1) is 10.2 Å². The molecule has 0 aliphatic heterocycles. The van der Waals surface area contributed by atoms with Crippen LogP contribution in [-0.4, -0.2) is 10.9 Å². The summed E-state index contributed by atoms with van der Waals surface area (Å²) in [6.07, 6.45) is 3.35. The minimum Gasteiger partial charge on any atom is -0.298 e. The van der Waals surface area contributed by atoms with Gasteiger partial charge in [0.2, 0.25) is 5.91 Å². The number of thiazole rings is 1. The van der Waals surface area contributed by atoms with E-state index in [1.165, 1.54) is 28.5 Å². The lowest BCUT2D eigenvalue weighted by molar-refractivity contribution is -0.111. The number of nitrogens with one attached hydrogen (secondary N) is 1. The molecule has 1 aromatic carbocycles. The first-order chi connectivity index (χ1) is 10.1. The maximum atomic E-state index is 11.9. The van der Waals surface area contributed by atoms with Gasteiger partial charge in [-0.05, 0) is 48.6 Å². The van der Waals surface area contributed by atoms with Gasteiger partial charge in [0.1, 0.15) is 0 Å². The van der Waals surface area contributed by atoms with Gasteiger partial charge >= 0.3 is 0 Å². The Morgan fingerprint density at radius 3 is 2.95 bits per heavy atom. The molecule has 0 unspecified atom stereocenters. The lowest BCUT2D eigenvalue weighted by atomic mass is 10.1. The molecule has 0 aliphatic rings. The SMILES string of the molecule is Cc1cc(C)c2sc(NC(=O)C=Cc3cccs3)nc2c1. The first-order valence-corrected chi connectivity index (χ1v) is 8.22. The van der Waals surface area contributed by atoms with Crippen molar-refractivity contribution in [2.24, 2.45) is 0 Å². The van der Waals surface area contributed by atoms with Crippen LogP contribution >= 0.6 is 22.7 Å². The average Bonchev–Trinajstić information content (AvgIpc) is 3.05. The lowest BCUT2D eigenvalue weighted by Crippen LogP contribution is -2.06. The second-order valence-electron chi connectivity index (χ2n) is 4.79. The fraction of sp³-hybridized carbons (Fsp3) is 0.125. The van der Waals surface area contributed by atoms with Crippen LogP contribution in [0.15, 0.2) is 35.7 Å². The fourth-order valence-corrected chi connectivity index (χ4v) is 3.66. The molecule has 0 spiro atoms. The summed E-state index contributed by atoms with van der Waals surface area (Å²) in [4.78, 5) is 17.4. The van der Waals surface area contributed by atoms with E-state index in [0.29, 0.717) is 5.13 Å². The number of nitrogens with zero attached hydrogens (tertiary/aromatic N) is 1. The van der Waals surface area contributed by atoms with Crippen LogP contribution in [0.5, 0.6) is 0 Å². The van der Waals surface area contributed by atoms with E-state index in [4.69, 9.17) is 0 Å². The number of aromatic nitrogens is 1. The second kappa shape index (κ2) is 5.79. The number of thiophene rings is 1. The second-order valence-corrected chi connectivity index (χ2v) is 6.77. The molecule has 1 amide bonds. The Morgan fingerprint density at radius 1 is 1.33 bits per heavy atom. The van der Waals surface area contributed by atoms with Crippen LogP contribution in [0.1, 0.15) is 16.0 Å². The highest BCUT2D eigenvalue weighted by Gasteiger charge is 2.08. The Kier molecular flexibility index (Phi) is 3.86. The van der Waals surface area contributed by atoms with Gasteiger partial charge < -0.3 is 0 Å². The number of benzene rings is 1. The molecule has 3 nitrogen and oxygen atoms in total. The maximum Gasteiger partial charge on any atom is 0.250 e. The van der Waals surface area contributed by atoms with E-state index in [1.54, 1.807) is 11.3 Å². The first kappa shape index (κ1) is 14.0. The van der Waals surface area contributed by atoms with Crippen LogP contribution in [0.25, 0.3) is 16.3 Å². The van der Waals surface area contributed by atoms with Gasteiger partial charge in [0.25, 0.3) is 0 Å². The van der Waals surface area contributed by atoms with Gasteiger partial charge in [0.15, 0.2) is 5.13 Å². The quantitative estimate of drug-likeness (QED) is 0.716. The van der Waals surface area contributed by atoms with Crippen LogP contribution in [-0.2, 0) is 4.79 Å². The Morgan fingerprint density at radius 2 is 2.19 bits per heavy atom. The first-order valence-electron chi connectivity index (χ1n) is 6.52. The van der Waals surface area contributed by atoms with Crippen molar-refractivity contribution in [1.29, 1.82) is 0 Å². The molecule has 0 saturated carbocycles. The number of fused-ring (bicyclic) bond motifs is 1. The third-order valence-electron chi connectivity index (χ3n) is 2.99. The van der Waals surface area contributed by atoms with Crippen molar-refractivity contribution in [3.63, 3.8) is 0 Å². The lowest BCUT2D eigenvalue weighted by Gasteiger charge is -1.95. The number of anilines is 1. The van der Waals surface area contributed by atoms with Crippen molar-refractivity contribution >= 4 is 50.0 Å². The van der Waals surface area contributed by atoms with Gasteiger partial charge in [-0.1, -0.05) is 23.5 Å². The molecule has 0 radical (unpaired) electrons. The van der Waals surface area contributed by atoms with Crippen molar-refractivity contribution in [3.8, 4) is 0 Å². The van der Waals surface area contributed by atoms with Gasteiger partial charge in [-0.15, -0.1) is 11.3 Å². The van der Waals surface area contributed by atoms with Crippen molar-refractivity contribution in [3.05, 3.63) is 51.7 Å². The smallest absolute Gasteiger partial charge is 0.250 e. The molecule has 1 N–H and O–H groups in total. The van der Waals surface area contributed by atoms with Gasteiger partial charge in [0, 0.05) is 11.0 Å². The number of rotatable bonds is 3. The zero-order valence-corrected chi connectivity index (χ0v) is 13.3. The molecule has 0 fully saturated rings. The van der Waals surface area contributed by atoms with Crippen LogP contribution in [0.3, 0.4) is 0 Å². The zero-order chi connectivity index (χ0) is 14.8. The Labute approximate surface area is 131 Å². The Hall–Kier alpha value is -1.98. The summed E-state index contributed by atoms with van der Waals surface area (Å²) in [6, 6.07) is 8.10. The van der Waals surface area contributed by atoms with E-state index in [2.05, 4.69) is 23.3 Å². The summed E-state index contributed by atoms with van der Waals surface area (Å²) in [5.41, 5.74) is 3.31. The topological polar surface area (TPSA) is 42.0 Å². The molecule has 106 valence electrons. The highest BCUT2D eigenvalue weighted by molar-refractivity contribution is 7.22. The number of hydrogen-bond acceptors (Lipinski definition) is 4. The number of hydrogen-bond donors (Lipinski definition) is 1. The fourth-order valence-electron chi connectivity index (χ4n) is 2.12. The van der Waals surface area contributed by atoms with Crippen molar-refractivity contribution in [1.82, 2.24) is 4.98 Å². The summed E-state index contributed by atoms with van der Waals surface area (Å²) in [6.45, 7) is 4.11. The number of aryl methyl sites for hydroxylation is 2. The molecular formula is C16H14N2OS2. The van der Waals surface area contributed by atoms with E-state index in [1.807, 2.05) is 36.6 Å². The molecule has 0 saturated heterocycles.